The molecule has 0 aliphatic heterocycles. The number of rotatable bonds is 10. The molecule has 2 atom stereocenters. The molecule has 22 heavy (non-hydrogen) atoms. The number of benzene rings is 1. The van der Waals surface area contributed by atoms with Crippen molar-refractivity contribution in [3.63, 3.8) is 0 Å². The minimum Gasteiger partial charge on any atom is -0.0654 e. The third-order valence-electron chi connectivity index (χ3n) is 5.57. The number of unbranched alkanes of at least 4 members (excludes halogenated alkanes) is 8. The van der Waals surface area contributed by atoms with Crippen molar-refractivity contribution in [2.45, 2.75) is 103 Å². The minimum absolute atomic E-state index is 0.774. The van der Waals surface area contributed by atoms with E-state index in [1.807, 2.05) is 0 Å². The maximum Gasteiger partial charge on any atom is -0.0159 e. The van der Waals surface area contributed by atoms with E-state index in [1.54, 1.807) is 11.1 Å². The van der Waals surface area contributed by atoms with Gasteiger partial charge in [0.15, 0.2) is 0 Å². The summed E-state index contributed by atoms with van der Waals surface area (Å²) in [6.45, 7) is 4.69. The Hall–Kier alpha value is -0.780. The topological polar surface area (TPSA) is 0 Å². The van der Waals surface area contributed by atoms with Gasteiger partial charge in [-0.2, -0.15) is 0 Å². The molecule has 1 aromatic carbocycles. The van der Waals surface area contributed by atoms with E-state index in [1.165, 1.54) is 77.0 Å². The first-order chi connectivity index (χ1) is 10.8. The molecule has 0 heterocycles. The first-order valence-electron chi connectivity index (χ1n) is 9.91. The second-order valence-electron chi connectivity index (χ2n) is 7.42. The van der Waals surface area contributed by atoms with Crippen molar-refractivity contribution in [3.8, 4) is 0 Å². The fraction of sp³-hybridized carbons (Fsp3) is 0.727. The normalized spacial score (nSPS) is 20.8. The van der Waals surface area contributed by atoms with E-state index >= 15 is 0 Å². The second kappa shape index (κ2) is 10.1. The van der Waals surface area contributed by atoms with Crippen LogP contribution in [-0.2, 0) is 0 Å². The van der Waals surface area contributed by atoms with E-state index < -0.39 is 0 Å². The first-order valence-corrected chi connectivity index (χ1v) is 9.91. The second-order valence-corrected chi connectivity index (χ2v) is 7.42. The van der Waals surface area contributed by atoms with E-state index in [4.69, 9.17) is 0 Å². The van der Waals surface area contributed by atoms with Crippen molar-refractivity contribution in [1.29, 1.82) is 0 Å². The summed E-state index contributed by atoms with van der Waals surface area (Å²) in [5.41, 5.74) is 3.30. The Morgan fingerprint density at radius 2 is 1.36 bits per heavy atom. The molecule has 0 aromatic heterocycles. The maximum atomic E-state index is 2.40. The zero-order valence-corrected chi connectivity index (χ0v) is 14.9. The molecule has 0 amide bonds. The molecule has 124 valence electrons. The van der Waals surface area contributed by atoms with E-state index in [-0.39, 0.29) is 0 Å². The van der Waals surface area contributed by atoms with E-state index in [9.17, 15) is 0 Å². The van der Waals surface area contributed by atoms with Gasteiger partial charge < -0.3 is 0 Å². The number of fused-ring (bicyclic) bond motifs is 1. The molecular weight excluding hydrogens is 264 g/mol. The summed E-state index contributed by atoms with van der Waals surface area (Å²) in [5.74, 6) is 1.62. The fourth-order valence-electron chi connectivity index (χ4n) is 4.09. The van der Waals surface area contributed by atoms with Crippen LogP contribution in [0.3, 0.4) is 0 Å². The molecule has 0 radical (unpaired) electrons. The predicted molar refractivity (Wildman–Crippen MR) is 98.7 cm³/mol. The lowest BCUT2D eigenvalue weighted by Gasteiger charge is -2.29. The highest BCUT2D eigenvalue weighted by Gasteiger charge is 2.23. The summed E-state index contributed by atoms with van der Waals surface area (Å²) in [6.07, 6.45) is 17.2. The molecule has 0 spiro atoms. The Morgan fingerprint density at radius 1 is 0.773 bits per heavy atom. The van der Waals surface area contributed by atoms with Crippen LogP contribution in [0.4, 0.5) is 0 Å². The van der Waals surface area contributed by atoms with Crippen molar-refractivity contribution < 1.29 is 0 Å². The molecule has 0 nitrogen and oxygen atoms in total. The Labute approximate surface area is 138 Å². The van der Waals surface area contributed by atoms with Gasteiger partial charge in [-0.1, -0.05) is 95.9 Å². The van der Waals surface area contributed by atoms with Crippen LogP contribution in [-0.4, -0.2) is 0 Å². The molecule has 0 saturated heterocycles. The largest absolute Gasteiger partial charge is 0.0654 e. The monoisotopic (exact) mass is 300 g/mol. The molecule has 0 saturated carbocycles. The van der Waals surface area contributed by atoms with E-state index in [0.717, 1.165) is 11.8 Å². The van der Waals surface area contributed by atoms with Gasteiger partial charge in [0, 0.05) is 0 Å². The molecular formula is C22H36. The minimum atomic E-state index is 0.774. The fourth-order valence-corrected chi connectivity index (χ4v) is 4.09. The molecule has 0 N–H and O–H groups in total. The van der Waals surface area contributed by atoms with Crippen LogP contribution in [0.25, 0.3) is 0 Å². The zero-order valence-electron chi connectivity index (χ0n) is 14.9. The molecule has 2 unspecified atom stereocenters. The van der Waals surface area contributed by atoms with Gasteiger partial charge in [-0.15, -0.1) is 0 Å². The average molecular weight is 301 g/mol. The Bertz CT molecular complexity index is 406. The van der Waals surface area contributed by atoms with Gasteiger partial charge in [0.1, 0.15) is 0 Å². The van der Waals surface area contributed by atoms with Gasteiger partial charge in [-0.3, -0.25) is 0 Å². The smallest absolute Gasteiger partial charge is 0.0159 e. The molecule has 1 aliphatic carbocycles. The summed E-state index contributed by atoms with van der Waals surface area (Å²) >= 11 is 0. The van der Waals surface area contributed by atoms with Gasteiger partial charge in [-0.25, -0.2) is 0 Å². The van der Waals surface area contributed by atoms with E-state index in [0.29, 0.717) is 0 Å². The van der Waals surface area contributed by atoms with Crippen LogP contribution < -0.4 is 0 Å². The lowest BCUT2D eigenvalue weighted by molar-refractivity contribution is 0.455. The highest BCUT2D eigenvalue weighted by Crippen LogP contribution is 2.40. The predicted octanol–water partition coefficient (Wildman–Crippen LogP) is 7.59. The molecule has 0 heteroatoms. The molecule has 0 fully saturated rings. The highest BCUT2D eigenvalue weighted by molar-refractivity contribution is 5.35. The number of hydrogen-bond donors (Lipinski definition) is 0. The van der Waals surface area contributed by atoms with Gasteiger partial charge in [0.25, 0.3) is 0 Å². The van der Waals surface area contributed by atoms with Crippen molar-refractivity contribution in [3.05, 3.63) is 35.4 Å². The standard InChI is InChI=1S/C22H36/c1-3-4-5-6-7-8-9-10-11-14-20-18-17-19(2)21-15-12-13-16-22(20)21/h12-13,15-16,19-20H,3-11,14,17-18H2,1-2H3. The van der Waals surface area contributed by atoms with Crippen molar-refractivity contribution in [1.82, 2.24) is 0 Å². The number of hydrogen-bond acceptors (Lipinski definition) is 0. The molecule has 2 rings (SSSR count). The van der Waals surface area contributed by atoms with Crippen LogP contribution >= 0.6 is 0 Å². The Kier molecular flexibility index (Phi) is 8.05. The SMILES string of the molecule is CCCCCCCCCCCC1CCC(C)c2ccccc21. The van der Waals surface area contributed by atoms with Crippen LogP contribution in [0.1, 0.15) is 114 Å². The molecule has 1 aromatic rings. The van der Waals surface area contributed by atoms with Crippen LogP contribution in [0.15, 0.2) is 24.3 Å². The highest BCUT2D eigenvalue weighted by atomic mass is 14.3. The van der Waals surface area contributed by atoms with Gasteiger partial charge in [-0.05, 0) is 42.2 Å². The first kappa shape index (κ1) is 17.6. The Balaban J connectivity index is 1.61. The van der Waals surface area contributed by atoms with E-state index in [2.05, 4.69) is 38.1 Å². The Morgan fingerprint density at radius 3 is 2.05 bits per heavy atom. The summed E-state index contributed by atoms with van der Waals surface area (Å²) in [5, 5.41) is 0. The van der Waals surface area contributed by atoms with Gasteiger partial charge in [0.05, 0.1) is 0 Å². The summed E-state index contributed by atoms with van der Waals surface area (Å²) in [7, 11) is 0. The maximum absolute atomic E-state index is 2.40. The lowest BCUT2D eigenvalue weighted by Crippen LogP contribution is -2.12. The lowest BCUT2D eigenvalue weighted by atomic mass is 9.75. The van der Waals surface area contributed by atoms with Crippen molar-refractivity contribution in [2.75, 3.05) is 0 Å². The third-order valence-corrected chi connectivity index (χ3v) is 5.57. The summed E-state index contributed by atoms with van der Waals surface area (Å²) < 4.78 is 0. The zero-order chi connectivity index (χ0) is 15.6. The van der Waals surface area contributed by atoms with Crippen LogP contribution in [0.2, 0.25) is 0 Å². The van der Waals surface area contributed by atoms with Crippen LogP contribution in [0.5, 0.6) is 0 Å². The molecule has 1 aliphatic rings. The van der Waals surface area contributed by atoms with Gasteiger partial charge in [0.2, 0.25) is 0 Å². The molecule has 0 bridgehead atoms. The van der Waals surface area contributed by atoms with Gasteiger partial charge >= 0.3 is 0 Å². The summed E-state index contributed by atoms with van der Waals surface area (Å²) in [4.78, 5) is 0. The summed E-state index contributed by atoms with van der Waals surface area (Å²) in [6, 6.07) is 9.21. The average Bonchev–Trinajstić information content (AvgIpc) is 2.55. The van der Waals surface area contributed by atoms with Crippen molar-refractivity contribution in [2.24, 2.45) is 0 Å². The third kappa shape index (κ3) is 5.45. The quantitative estimate of drug-likeness (QED) is 0.390. The van der Waals surface area contributed by atoms with Crippen molar-refractivity contribution >= 4 is 0 Å². The van der Waals surface area contributed by atoms with Crippen LogP contribution in [0, 0.1) is 0 Å².